The van der Waals surface area contributed by atoms with Crippen LogP contribution < -0.4 is 4.74 Å². The average molecular weight is 494 g/mol. The van der Waals surface area contributed by atoms with E-state index in [-0.39, 0.29) is 12.2 Å². The summed E-state index contributed by atoms with van der Waals surface area (Å²) in [5, 5.41) is 15.6. The fourth-order valence-corrected chi connectivity index (χ4v) is 4.53. The molecule has 2 atom stereocenters. The van der Waals surface area contributed by atoms with Crippen LogP contribution >= 0.6 is 0 Å². The number of aryl methyl sites for hydroxylation is 2. The van der Waals surface area contributed by atoms with Gasteiger partial charge in [-0.25, -0.2) is 4.68 Å². The number of hydrogen-bond acceptors (Lipinski definition) is 6. The lowest BCUT2D eigenvalue weighted by atomic mass is 10.1. The van der Waals surface area contributed by atoms with Crippen LogP contribution in [-0.4, -0.2) is 64.4 Å². The third-order valence-electron chi connectivity index (χ3n) is 6.33. The van der Waals surface area contributed by atoms with E-state index in [4.69, 9.17) is 19.3 Å². The lowest BCUT2D eigenvalue weighted by Gasteiger charge is -2.28. The summed E-state index contributed by atoms with van der Waals surface area (Å²) in [6.45, 7) is 8.88. The van der Waals surface area contributed by atoms with Gasteiger partial charge in [0.25, 0.3) is 0 Å². The Balaban J connectivity index is 1.65. The molecule has 7 heteroatoms. The first-order valence-corrected chi connectivity index (χ1v) is 12.9. The summed E-state index contributed by atoms with van der Waals surface area (Å²) in [6, 6.07) is 18.2. The van der Waals surface area contributed by atoms with Crippen LogP contribution in [0.1, 0.15) is 37.8 Å². The van der Waals surface area contributed by atoms with Gasteiger partial charge in [0.05, 0.1) is 30.5 Å². The Morgan fingerprint density at radius 1 is 1.14 bits per heavy atom. The molecule has 0 spiro atoms. The summed E-state index contributed by atoms with van der Waals surface area (Å²) in [4.78, 5) is 2.25. The van der Waals surface area contributed by atoms with Gasteiger partial charge in [0.1, 0.15) is 11.4 Å². The molecule has 1 aliphatic heterocycles. The number of aliphatic hydroxyl groups excluding tert-OH is 1. The van der Waals surface area contributed by atoms with Crippen molar-refractivity contribution in [1.82, 2.24) is 14.7 Å². The SMILES string of the molecule is Cc1ccc(Oc2c(CN(C[C@H](O)COC(C)C)C[C@@H]3CCCO3)c(-c3ccccc3)nn2C)cc1. The van der Waals surface area contributed by atoms with Crippen LogP contribution in [0, 0.1) is 6.92 Å². The van der Waals surface area contributed by atoms with Crippen molar-refractivity contribution >= 4 is 0 Å². The average Bonchev–Trinajstić information content (AvgIpc) is 3.48. The molecule has 0 aliphatic carbocycles. The molecule has 2 aromatic carbocycles. The zero-order valence-corrected chi connectivity index (χ0v) is 21.9. The molecule has 1 saturated heterocycles. The lowest BCUT2D eigenvalue weighted by Crippen LogP contribution is -2.39. The van der Waals surface area contributed by atoms with E-state index in [9.17, 15) is 5.11 Å². The van der Waals surface area contributed by atoms with Gasteiger partial charge in [-0.05, 0) is 45.7 Å². The number of ether oxygens (including phenoxy) is 3. The molecule has 7 nitrogen and oxygen atoms in total. The standard InChI is InChI=1S/C29H39N3O4/c1-21(2)35-20-24(33)17-32(18-26-11-8-16-34-26)19-27-28(23-9-6-5-7-10-23)30-31(4)29(27)36-25-14-12-22(3)13-15-25/h5-7,9-10,12-15,21,24,26,33H,8,11,16-20H2,1-4H3/t24-,26-/m0/s1. The first-order valence-electron chi connectivity index (χ1n) is 12.9. The van der Waals surface area contributed by atoms with E-state index in [1.807, 2.05) is 63.4 Å². The Bertz CT molecular complexity index is 1080. The minimum Gasteiger partial charge on any atom is -0.439 e. The molecule has 0 bridgehead atoms. The predicted octanol–water partition coefficient (Wildman–Crippen LogP) is 4.95. The maximum atomic E-state index is 10.8. The number of nitrogens with zero attached hydrogens (tertiary/aromatic N) is 3. The van der Waals surface area contributed by atoms with Crippen molar-refractivity contribution in [3.8, 4) is 22.9 Å². The monoisotopic (exact) mass is 493 g/mol. The predicted molar refractivity (Wildman–Crippen MR) is 141 cm³/mol. The van der Waals surface area contributed by atoms with Crippen molar-refractivity contribution in [2.24, 2.45) is 7.05 Å². The number of aliphatic hydroxyl groups is 1. The minimum absolute atomic E-state index is 0.0729. The number of hydrogen-bond donors (Lipinski definition) is 1. The molecule has 0 radical (unpaired) electrons. The quantitative estimate of drug-likeness (QED) is 0.385. The molecule has 2 heterocycles. The van der Waals surface area contributed by atoms with Gasteiger partial charge in [0.2, 0.25) is 5.88 Å². The zero-order valence-electron chi connectivity index (χ0n) is 21.9. The fourth-order valence-electron chi connectivity index (χ4n) is 4.53. The number of benzene rings is 2. The highest BCUT2D eigenvalue weighted by Crippen LogP contribution is 2.34. The Labute approximate surface area is 214 Å². The normalized spacial score (nSPS) is 16.7. The Morgan fingerprint density at radius 3 is 2.56 bits per heavy atom. The first kappa shape index (κ1) is 26.4. The van der Waals surface area contributed by atoms with Crippen molar-refractivity contribution < 1.29 is 19.3 Å². The Morgan fingerprint density at radius 2 is 1.89 bits per heavy atom. The van der Waals surface area contributed by atoms with Crippen LogP contribution in [0.25, 0.3) is 11.3 Å². The molecule has 36 heavy (non-hydrogen) atoms. The zero-order chi connectivity index (χ0) is 25.5. The molecular formula is C29H39N3O4. The molecule has 0 amide bonds. The van der Waals surface area contributed by atoms with Gasteiger partial charge >= 0.3 is 0 Å². The van der Waals surface area contributed by atoms with Crippen LogP contribution in [0.3, 0.4) is 0 Å². The van der Waals surface area contributed by atoms with Gasteiger partial charge in [-0.3, -0.25) is 4.90 Å². The number of aromatic nitrogens is 2. The highest BCUT2D eigenvalue weighted by atomic mass is 16.5. The molecule has 1 N–H and O–H groups in total. The second-order valence-corrected chi connectivity index (χ2v) is 9.90. The maximum absolute atomic E-state index is 10.8. The van der Waals surface area contributed by atoms with Gasteiger partial charge in [0.15, 0.2) is 0 Å². The van der Waals surface area contributed by atoms with E-state index in [0.29, 0.717) is 25.6 Å². The smallest absolute Gasteiger partial charge is 0.222 e. The van der Waals surface area contributed by atoms with Gasteiger partial charge in [-0.15, -0.1) is 0 Å². The first-order chi connectivity index (χ1) is 17.4. The fraction of sp³-hybridized carbons (Fsp3) is 0.483. The molecule has 1 fully saturated rings. The van der Waals surface area contributed by atoms with E-state index in [1.165, 1.54) is 5.56 Å². The van der Waals surface area contributed by atoms with E-state index in [2.05, 4.69) is 24.0 Å². The van der Waals surface area contributed by atoms with Gasteiger partial charge < -0.3 is 19.3 Å². The third kappa shape index (κ3) is 7.17. The summed E-state index contributed by atoms with van der Waals surface area (Å²) in [5.74, 6) is 1.46. The third-order valence-corrected chi connectivity index (χ3v) is 6.33. The summed E-state index contributed by atoms with van der Waals surface area (Å²) >= 11 is 0. The molecule has 0 saturated carbocycles. The second kappa shape index (κ2) is 12.5. The van der Waals surface area contributed by atoms with E-state index >= 15 is 0 Å². The summed E-state index contributed by atoms with van der Waals surface area (Å²) in [5.41, 5.74) is 4.07. The van der Waals surface area contributed by atoms with Crippen molar-refractivity contribution in [3.05, 3.63) is 65.7 Å². The molecule has 1 aromatic heterocycles. The van der Waals surface area contributed by atoms with Gasteiger partial charge in [0, 0.05) is 38.9 Å². The largest absolute Gasteiger partial charge is 0.439 e. The van der Waals surface area contributed by atoms with Crippen molar-refractivity contribution in [2.75, 3.05) is 26.3 Å². The van der Waals surface area contributed by atoms with Gasteiger partial charge in [-0.1, -0.05) is 48.0 Å². The van der Waals surface area contributed by atoms with E-state index in [1.54, 1.807) is 4.68 Å². The molecule has 194 valence electrons. The van der Waals surface area contributed by atoms with Crippen LogP contribution in [0.4, 0.5) is 0 Å². The highest BCUT2D eigenvalue weighted by molar-refractivity contribution is 5.65. The summed E-state index contributed by atoms with van der Waals surface area (Å²) in [7, 11) is 1.91. The lowest BCUT2D eigenvalue weighted by molar-refractivity contribution is -0.0172. The maximum Gasteiger partial charge on any atom is 0.222 e. The summed E-state index contributed by atoms with van der Waals surface area (Å²) < 4.78 is 19.8. The minimum atomic E-state index is -0.605. The van der Waals surface area contributed by atoms with E-state index in [0.717, 1.165) is 48.6 Å². The second-order valence-electron chi connectivity index (χ2n) is 9.90. The molecule has 4 rings (SSSR count). The van der Waals surface area contributed by atoms with Crippen LogP contribution in [0.5, 0.6) is 11.6 Å². The molecule has 1 aliphatic rings. The molecule has 3 aromatic rings. The highest BCUT2D eigenvalue weighted by Gasteiger charge is 2.26. The van der Waals surface area contributed by atoms with Crippen molar-refractivity contribution in [1.29, 1.82) is 0 Å². The van der Waals surface area contributed by atoms with Crippen LogP contribution in [0.15, 0.2) is 54.6 Å². The Hall–Kier alpha value is -2.71. The van der Waals surface area contributed by atoms with E-state index < -0.39 is 6.10 Å². The number of rotatable bonds is 12. The Kier molecular flexibility index (Phi) is 9.15. The summed E-state index contributed by atoms with van der Waals surface area (Å²) in [6.07, 6.45) is 1.72. The van der Waals surface area contributed by atoms with Gasteiger partial charge in [-0.2, -0.15) is 5.10 Å². The molecular weight excluding hydrogens is 454 g/mol. The molecule has 0 unspecified atom stereocenters. The van der Waals surface area contributed by atoms with Crippen LogP contribution in [-0.2, 0) is 23.1 Å². The van der Waals surface area contributed by atoms with Crippen LogP contribution in [0.2, 0.25) is 0 Å². The topological polar surface area (TPSA) is 69.0 Å². The van der Waals surface area contributed by atoms with Crippen molar-refractivity contribution in [2.45, 2.75) is 58.5 Å². The van der Waals surface area contributed by atoms with Crippen molar-refractivity contribution in [3.63, 3.8) is 0 Å².